The van der Waals surface area contributed by atoms with Crippen LogP contribution in [0.3, 0.4) is 0 Å². The van der Waals surface area contributed by atoms with Crippen LogP contribution in [0.1, 0.15) is 57.9 Å². The van der Waals surface area contributed by atoms with Crippen LogP contribution in [-0.2, 0) is 6.42 Å². The van der Waals surface area contributed by atoms with Gasteiger partial charge in [-0.1, -0.05) is 18.2 Å². The number of H-pyrrole nitrogens is 1. The molecule has 1 aliphatic heterocycles. The average molecular weight is 434 g/mol. The number of nitrogens with zero attached hydrogens (tertiary/aromatic N) is 3. The predicted molar refractivity (Wildman–Crippen MR) is 97.8 cm³/mol. The van der Waals surface area contributed by atoms with Gasteiger partial charge in [0.25, 0.3) is 18.8 Å². The second kappa shape index (κ2) is 7.25. The third-order valence-corrected chi connectivity index (χ3v) is 5.31. The molecule has 5 rings (SSSR count). The Morgan fingerprint density at radius 3 is 2.74 bits per heavy atom. The number of oxazole rings is 1. The number of aromatic nitrogens is 3. The molecule has 1 aliphatic rings. The molecule has 0 spiro atoms. The van der Waals surface area contributed by atoms with Gasteiger partial charge in [0.15, 0.2) is 12.1 Å². The number of imidazole rings is 1. The van der Waals surface area contributed by atoms with Gasteiger partial charge in [-0.05, 0) is 6.07 Å². The normalized spacial score (nSPS) is 16.5. The topological polar surface area (TPSA) is 88.2 Å². The van der Waals surface area contributed by atoms with Crippen molar-refractivity contribution in [1.82, 2.24) is 19.9 Å². The molecule has 0 bridgehead atoms. The summed E-state index contributed by atoms with van der Waals surface area (Å²) in [4.78, 5) is 24.9. The second-order valence-corrected chi connectivity index (χ2v) is 6.96. The van der Waals surface area contributed by atoms with Crippen molar-refractivity contribution in [2.24, 2.45) is 0 Å². The largest absolute Gasteiger partial charge is 0.458 e. The predicted octanol–water partition coefficient (Wildman–Crippen LogP) is 4.81. The fourth-order valence-corrected chi connectivity index (χ4v) is 3.97. The number of alkyl halides is 4. The molecule has 0 saturated carbocycles. The summed E-state index contributed by atoms with van der Waals surface area (Å²) in [6, 6.07) is 5.11. The van der Waals surface area contributed by atoms with Crippen molar-refractivity contribution >= 4 is 16.9 Å². The first-order valence-corrected chi connectivity index (χ1v) is 9.31. The van der Waals surface area contributed by atoms with Gasteiger partial charge in [0, 0.05) is 24.0 Å². The van der Waals surface area contributed by atoms with E-state index in [1.165, 1.54) is 18.5 Å². The fraction of sp³-hybridized carbons (Fsp3) is 0.250. The molecule has 1 N–H and O–H groups in total. The van der Waals surface area contributed by atoms with Gasteiger partial charge in [-0.3, -0.25) is 4.79 Å². The van der Waals surface area contributed by atoms with E-state index < -0.39 is 36.3 Å². The van der Waals surface area contributed by atoms with Crippen LogP contribution >= 0.6 is 0 Å². The maximum Gasteiger partial charge on any atom is 0.292 e. The summed E-state index contributed by atoms with van der Waals surface area (Å²) >= 11 is 0. The Bertz CT molecular complexity index is 1260. The van der Waals surface area contributed by atoms with Gasteiger partial charge in [0.05, 0.1) is 17.6 Å². The Balaban J connectivity index is 1.69. The molecule has 0 aliphatic carbocycles. The zero-order chi connectivity index (χ0) is 21.7. The minimum absolute atomic E-state index is 0.0434. The fourth-order valence-electron chi connectivity index (χ4n) is 3.97. The summed E-state index contributed by atoms with van der Waals surface area (Å²) in [7, 11) is 0. The van der Waals surface area contributed by atoms with Crippen LogP contribution in [0.5, 0.6) is 0 Å². The van der Waals surface area contributed by atoms with E-state index in [0.717, 1.165) is 11.3 Å². The van der Waals surface area contributed by atoms with E-state index in [0.29, 0.717) is 17.8 Å². The van der Waals surface area contributed by atoms with Crippen LogP contribution in [0.2, 0.25) is 0 Å². The lowest BCUT2D eigenvalue weighted by Gasteiger charge is -2.33. The summed E-state index contributed by atoms with van der Waals surface area (Å²) in [5.41, 5.74) is -0.0213. The van der Waals surface area contributed by atoms with Gasteiger partial charge in [-0.25, -0.2) is 27.5 Å². The highest BCUT2D eigenvalue weighted by Crippen LogP contribution is 2.43. The lowest BCUT2D eigenvalue weighted by molar-refractivity contribution is 0.0616. The molecule has 31 heavy (non-hydrogen) atoms. The minimum Gasteiger partial charge on any atom is -0.458 e. The number of hydrogen-bond donors (Lipinski definition) is 1. The molecular weight excluding hydrogens is 420 g/mol. The maximum absolute atomic E-state index is 14.1. The first-order chi connectivity index (χ1) is 15.0. The van der Waals surface area contributed by atoms with E-state index in [2.05, 4.69) is 15.0 Å². The Morgan fingerprint density at radius 1 is 1.16 bits per heavy atom. The van der Waals surface area contributed by atoms with Crippen molar-refractivity contribution in [1.29, 1.82) is 0 Å². The Hall–Kier alpha value is -3.63. The highest BCUT2D eigenvalue weighted by atomic mass is 19.3. The number of carbonyl (C=O) groups excluding carboxylic acids is 1. The van der Waals surface area contributed by atoms with E-state index in [-0.39, 0.29) is 28.8 Å². The van der Waals surface area contributed by atoms with Crippen LogP contribution < -0.4 is 0 Å². The quantitative estimate of drug-likeness (QED) is 0.466. The first-order valence-electron chi connectivity index (χ1n) is 9.31. The van der Waals surface area contributed by atoms with Gasteiger partial charge in [-0.2, -0.15) is 0 Å². The van der Waals surface area contributed by atoms with E-state index >= 15 is 0 Å². The smallest absolute Gasteiger partial charge is 0.292 e. The van der Waals surface area contributed by atoms with Crippen molar-refractivity contribution in [2.75, 3.05) is 6.54 Å². The van der Waals surface area contributed by atoms with Gasteiger partial charge in [-0.15, -0.1) is 0 Å². The number of furan rings is 1. The highest BCUT2D eigenvalue weighted by molar-refractivity contribution is 5.93. The molecular formula is C20H14F4N4O3. The monoisotopic (exact) mass is 434 g/mol. The molecule has 1 aromatic carbocycles. The number of amides is 1. The van der Waals surface area contributed by atoms with Gasteiger partial charge in [0.2, 0.25) is 5.76 Å². The Kier molecular flexibility index (Phi) is 4.53. The summed E-state index contributed by atoms with van der Waals surface area (Å²) in [6.45, 7) is 0.0434. The van der Waals surface area contributed by atoms with Crippen molar-refractivity contribution in [2.45, 2.75) is 25.3 Å². The number of rotatable bonds is 4. The van der Waals surface area contributed by atoms with E-state index in [1.54, 1.807) is 12.1 Å². The van der Waals surface area contributed by atoms with E-state index in [1.807, 2.05) is 0 Å². The molecule has 0 saturated heterocycles. The van der Waals surface area contributed by atoms with Gasteiger partial charge in [0.1, 0.15) is 17.4 Å². The first kappa shape index (κ1) is 19.3. The van der Waals surface area contributed by atoms with Gasteiger partial charge >= 0.3 is 0 Å². The summed E-state index contributed by atoms with van der Waals surface area (Å²) in [5.74, 6) is -1.73. The molecule has 0 fully saturated rings. The molecule has 4 heterocycles. The number of halogens is 4. The zero-order valence-electron chi connectivity index (χ0n) is 15.7. The second-order valence-electron chi connectivity index (χ2n) is 6.96. The van der Waals surface area contributed by atoms with E-state index in [9.17, 15) is 22.4 Å². The molecule has 7 nitrogen and oxygen atoms in total. The minimum atomic E-state index is -3.04. The molecule has 1 unspecified atom stereocenters. The summed E-state index contributed by atoms with van der Waals surface area (Å²) in [6.07, 6.45) is -3.49. The van der Waals surface area contributed by atoms with Crippen LogP contribution in [0.25, 0.3) is 11.0 Å². The number of aromatic amines is 1. The van der Waals surface area contributed by atoms with Crippen LogP contribution in [-0.4, -0.2) is 32.3 Å². The average Bonchev–Trinajstić information content (AvgIpc) is 3.49. The number of hydrogen-bond acceptors (Lipinski definition) is 5. The Labute approximate surface area is 171 Å². The number of benzene rings is 1. The Morgan fingerprint density at radius 2 is 1.97 bits per heavy atom. The van der Waals surface area contributed by atoms with Gasteiger partial charge < -0.3 is 18.7 Å². The van der Waals surface area contributed by atoms with Crippen molar-refractivity contribution in [3.8, 4) is 0 Å². The van der Waals surface area contributed by atoms with E-state index in [4.69, 9.17) is 8.83 Å². The zero-order valence-corrected chi connectivity index (χ0v) is 15.7. The lowest BCUT2D eigenvalue weighted by atomic mass is 9.96. The lowest BCUT2D eigenvalue weighted by Crippen LogP contribution is -2.41. The van der Waals surface area contributed by atoms with Crippen molar-refractivity contribution in [3.63, 3.8) is 0 Å². The third-order valence-electron chi connectivity index (χ3n) is 5.31. The molecule has 160 valence electrons. The summed E-state index contributed by atoms with van der Waals surface area (Å²) in [5, 5.41) is 0.204. The van der Waals surface area contributed by atoms with Crippen molar-refractivity contribution in [3.05, 3.63) is 71.2 Å². The molecule has 11 heteroatoms. The van der Waals surface area contributed by atoms with Crippen LogP contribution in [0.15, 0.2) is 45.8 Å². The molecule has 4 aromatic rings. The highest BCUT2D eigenvalue weighted by Gasteiger charge is 2.42. The summed E-state index contributed by atoms with van der Waals surface area (Å²) < 4.78 is 65.5. The molecule has 3 aromatic heterocycles. The van der Waals surface area contributed by atoms with Crippen molar-refractivity contribution < 1.29 is 31.2 Å². The molecule has 0 radical (unpaired) electrons. The number of para-hydroxylation sites is 1. The van der Waals surface area contributed by atoms with Crippen LogP contribution in [0, 0.1) is 0 Å². The van der Waals surface area contributed by atoms with Crippen LogP contribution in [0.4, 0.5) is 17.6 Å². The molecule has 1 atom stereocenters. The standard InChI is InChI=1S/C20H14F4N4O3/c21-18(22)12-9-3-1-2-4-11(9)31-16(12)15-13-10(25-7-26-13)5-6-28(15)20(29)17-14(19(23)24)27-8-30-17/h1-4,7-8,15,18-19H,5-6H2,(H,25,26). The maximum atomic E-state index is 14.1. The SMILES string of the molecule is O=C(c1ocnc1C(F)F)N1CCc2[nH]cnc2C1c1oc2ccccc2c1C(F)F. The number of fused-ring (bicyclic) bond motifs is 2. The molecule has 1 amide bonds. The number of nitrogens with one attached hydrogen (secondary N) is 1. The number of carbonyl (C=O) groups is 1. The third kappa shape index (κ3) is 2.99.